The second-order valence-electron chi connectivity index (χ2n) is 4.26. The number of benzene rings is 2. The Morgan fingerprint density at radius 1 is 1.25 bits per heavy atom. The number of carbonyl (C=O) groups excluding carboxylic acids is 1. The fraction of sp³-hybridized carbons (Fsp3) is 0.133. The van der Waals surface area contributed by atoms with Crippen molar-refractivity contribution < 1.29 is 9.53 Å². The molecule has 0 saturated heterocycles. The Morgan fingerprint density at radius 2 is 2.00 bits per heavy atom. The van der Waals surface area contributed by atoms with Gasteiger partial charge in [-0.25, -0.2) is 0 Å². The molecule has 0 atom stereocenters. The molecule has 0 bridgehead atoms. The number of anilines is 1. The summed E-state index contributed by atoms with van der Waals surface area (Å²) in [6.45, 7) is 1.86. The molecule has 0 spiro atoms. The first-order valence-electron chi connectivity index (χ1n) is 5.92. The first-order chi connectivity index (χ1) is 9.51. The van der Waals surface area contributed by atoms with Crippen molar-refractivity contribution >= 4 is 39.1 Å². The lowest BCUT2D eigenvalue weighted by Gasteiger charge is -2.12. The molecule has 0 fully saturated rings. The molecule has 20 heavy (non-hydrogen) atoms. The molecule has 2 aromatic carbocycles. The normalized spacial score (nSPS) is 10.2. The highest BCUT2D eigenvalue weighted by Gasteiger charge is 2.12. The molecule has 0 heterocycles. The number of halogens is 2. The van der Waals surface area contributed by atoms with Gasteiger partial charge in [-0.05, 0) is 42.8 Å². The van der Waals surface area contributed by atoms with Crippen LogP contribution in [-0.4, -0.2) is 13.0 Å². The summed E-state index contributed by atoms with van der Waals surface area (Å²) in [7, 11) is 1.56. The third kappa shape index (κ3) is 3.32. The highest BCUT2D eigenvalue weighted by molar-refractivity contribution is 9.10. The van der Waals surface area contributed by atoms with Crippen LogP contribution in [0.4, 0.5) is 5.69 Å². The molecular formula is C15H13BrClNO2. The van der Waals surface area contributed by atoms with Crippen molar-refractivity contribution in [3.05, 3.63) is 57.0 Å². The van der Waals surface area contributed by atoms with E-state index in [1.807, 2.05) is 19.1 Å². The summed E-state index contributed by atoms with van der Waals surface area (Å²) in [5.41, 5.74) is 2.01. The number of rotatable bonds is 3. The van der Waals surface area contributed by atoms with Crippen LogP contribution in [0.1, 0.15) is 15.9 Å². The SMILES string of the molecule is COc1ccc(Br)cc1NC(=O)c1cc(Cl)ccc1C. The number of hydrogen-bond donors (Lipinski definition) is 1. The van der Waals surface area contributed by atoms with E-state index in [4.69, 9.17) is 16.3 Å². The topological polar surface area (TPSA) is 38.3 Å². The van der Waals surface area contributed by atoms with Crippen LogP contribution in [0.5, 0.6) is 5.75 Å². The summed E-state index contributed by atoms with van der Waals surface area (Å²) in [4.78, 5) is 12.3. The van der Waals surface area contributed by atoms with E-state index in [-0.39, 0.29) is 5.91 Å². The zero-order chi connectivity index (χ0) is 14.7. The van der Waals surface area contributed by atoms with Crippen molar-refractivity contribution in [3.63, 3.8) is 0 Å². The number of aryl methyl sites for hydroxylation is 1. The van der Waals surface area contributed by atoms with Gasteiger partial charge in [0, 0.05) is 15.1 Å². The Bertz CT molecular complexity index is 658. The van der Waals surface area contributed by atoms with E-state index in [9.17, 15) is 4.79 Å². The second kappa shape index (κ2) is 6.29. The van der Waals surface area contributed by atoms with Crippen molar-refractivity contribution in [1.29, 1.82) is 0 Å². The highest BCUT2D eigenvalue weighted by atomic mass is 79.9. The largest absolute Gasteiger partial charge is 0.495 e. The first kappa shape index (κ1) is 14.9. The van der Waals surface area contributed by atoms with E-state index >= 15 is 0 Å². The molecular weight excluding hydrogens is 342 g/mol. The highest BCUT2D eigenvalue weighted by Crippen LogP contribution is 2.28. The molecule has 0 aromatic heterocycles. The second-order valence-corrected chi connectivity index (χ2v) is 5.61. The lowest BCUT2D eigenvalue weighted by atomic mass is 10.1. The maximum Gasteiger partial charge on any atom is 0.256 e. The number of hydrogen-bond acceptors (Lipinski definition) is 2. The number of nitrogens with one attached hydrogen (secondary N) is 1. The van der Waals surface area contributed by atoms with E-state index < -0.39 is 0 Å². The molecule has 1 amide bonds. The molecule has 0 saturated carbocycles. The molecule has 1 N–H and O–H groups in total. The van der Waals surface area contributed by atoms with Crippen molar-refractivity contribution in [2.24, 2.45) is 0 Å². The summed E-state index contributed by atoms with van der Waals surface area (Å²) < 4.78 is 6.09. The Kier molecular flexibility index (Phi) is 4.68. The molecule has 0 aliphatic carbocycles. The van der Waals surface area contributed by atoms with Crippen LogP contribution >= 0.6 is 27.5 Å². The van der Waals surface area contributed by atoms with Crippen molar-refractivity contribution in [1.82, 2.24) is 0 Å². The summed E-state index contributed by atoms with van der Waals surface area (Å²) >= 11 is 9.31. The van der Waals surface area contributed by atoms with Gasteiger partial charge in [-0.3, -0.25) is 4.79 Å². The minimum Gasteiger partial charge on any atom is -0.495 e. The van der Waals surface area contributed by atoms with E-state index in [1.54, 1.807) is 31.4 Å². The summed E-state index contributed by atoms with van der Waals surface area (Å²) in [5, 5.41) is 3.36. The van der Waals surface area contributed by atoms with Gasteiger partial charge in [0.05, 0.1) is 12.8 Å². The maximum atomic E-state index is 12.3. The van der Waals surface area contributed by atoms with E-state index in [2.05, 4.69) is 21.2 Å². The summed E-state index contributed by atoms with van der Waals surface area (Å²) in [6.07, 6.45) is 0. The van der Waals surface area contributed by atoms with Crippen LogP contribution in [0, 0.1) is 6.92 Å². The van der Waals surface area contributed by atoms with Crippen LogP contribution in [0.2, 0.25) is 5.02 Å². The smallest absolute Gasteiger partial charge is 0.256 e. The lowest BCUT2D eigenvalue weighted by molar-refractivity contribution is 0.102. The molecule has 2 rings (SSSR count). The molecule has 5 heteroatoms. The molecule has 0 radical (unpaired) electrons. The van der Waals surface area contributed by atoms with E-state index in [0.717, 1.165) is 10.0 Å². The third-order valence-electron chi connectivity index (χ3n) is 2.85. The van der Waals surface area contributed by atoms with Gasteiger partial charge in [0.15, 0.2) is 0 Å². The zero-order valence-corrected chi connectivity index (χ0v) is 13.4. The predicted molar refractivity (Wildman–Crippen MR) is 84.8 cm³/mol. The molecule has 2 aromatic rings. The van der Waals surface area contributed by atoms with Gasteiger partial charge < -0.3 is 10.1 Å². The van der Waals surface area contributed by atoms with Gasteiger partial charge in [0.1, 0.15) is 5.75 Å². The Balaban J connectivity index is 2.32. The van der Waals surface area contributed by atoms with Crippen molar-refractivity contribution in [2.45, 2.75) is 6.92 Å². The Hall–Kier alpha value is -1.52. The van der Waals surface area contributed by atoms with Crippen LogP contribution in [-0.2, 0) is 0 Å². The fourth-order valence-corrected chi connectivity index (χ4v) is 2.34. The Morgan fingerprint density at radius 3 is 2.70 bits per heavy atom. The average Bonchev–Trinajstić information content (AvgIpc) is 2.41. The molecule has 0 aliphatic heterocycles. The summed E-state index contributed by atoms with van der Waals surface area (Å²) in [6, 6.07) is 10.6. The predicted octanol–water partition coefficient (Wildman–Crippen LogP) is 4.67. The van der Waals surface area contributed by atoms with Gasteiger partial charge in [0.2, 0.25) is 0 Å². The van der Waals surface area contributed by atoms with Crippen LogP contribution in [0.15, 0.2) is 40.9 Å². The standard InChI is InChI=1S/C15H13BrClNO2/c1-9-3-5-11(17)8-12(9)15(19)18-13-7-10(16)4-6-14(13)20-2/h3-8H,1-2H3,(H,18,19). The molecule has 0 unspecified atom stereocenters. The maximum absolute atomic E-state index is 12.3. The van der Waals surface area contributed by atoms with Gasteiger partial charge in [-0.15, -0.1) is 0 Å². The number of carbonyl (C=O) groups is 1. The van der Waals surface area contributed by atoms with Gasteiger partial charge in [-0.1, -0.05) is 33.6 Å². The molecule has 3 nitrogen and oxygen atoms in total. The molecule has 104 valence electrons. The Labute approximate surface area is 131 Å². The quantitative estimate of drug-likeness (QED) is 0.869. The average molecular weight is 355 g/mol. The zero-order valence-electron chi connectivity index (χ0n) is 11.0. The van der Waals surface area contributed by atoms with Gasteiger partial charge in [-0.2, -0.15) is 0 Å². The molecule has 0 aliphatic rings. The van der Waals surface area contributed by atoms with Crippen molar-refractivity contribution in [2.75, 3.05) is 12.4 Å². The minimum atomic E-state index is -0.221. The van der Waals surface area contributed by atoms with E-state index in [1.165, 1.54) is 0 Å². The summed E-state index contributed by atoms with van der Waals surface area (Å²) in [5.74, 6) is 0.377. The van der Waals surface area contributed by atoms with Crippen molar-refractivity contribution in [3.8, 4) is 5.75 Å². The van der Waals surface area contributed by atoms with E-state index in [0.29, 0.717) is 22.0 Å². The van der Waals surface area contributed by atoms with Gasteiger partial charge >= 0.3 is 0 Å². The number of methoxy groups -OCH3 is 1. The van der Waals surface area contributed by atoms with Gasteiger partial charge in [0.25, 0.3) is 5.91 Å². The fourth-order valence-electron chi connectivity index (χ4n) is 1.81. The lowest BCUT2D eigenvalue weighted by Crippen LogP contribution is -2.14. The number of ether oxygens (including phenoxy) is 1. The third-order valence-corrected chi connectivity index (χ3v) is 3.58. The van der Waals surface area contributed by atoms with Crippen LogP contribution < -0.4 is 10.1 Å². The van der Waals surface area contributed by atoms with Crippen LogP contribution in [0.3, 0.4) is 0 Å². The minimum absolute atomic E-state index is 0.221. The monoisotopic (exact) mass is 353 g/mol. The first-order valence-corrected chi connectivity index (χ1v) is 7.09. The number of amides is 1. The van der Waals surface area contributed by atoms with Crippen LogP contribution in [0.25, 0.3) is 0 Å².